The van der Waals surface area contributed by atoms with Gasteiger partial charge in [0.15, 0.2) is 8.07 Å². The number of nitrogens with zero attached hydrogens (tertiary/aromatic N) is 2. The van der Waals surface area contributed by atoms with Crippen LogP contribution in [-0.4, -0.2) is 17.2 Å². The molecule has 0 fully saturated rings. The molecule has 0 spiro atoms. The highest BCUT2D eigenvalue weighted by Gasteiger charge is 2.41. The predicted molar refractivity (Wildman–Crippen MR) is 277 cm³/mol. The van der Waals surface area contributed by atoms with E-state index in [0.717, 1.165) is 11.4 Å². The highest BCUT2D eigenvalue weighted by Crippen LogP contribution is 2.45. The molecule has 0 N–H and O–H groups in total. The van der Waals surface area contributed by atoms with E-state index in [1.165, 1.54) is 95.7 Å². The monoisotopic (exact) mass is 848 g/mol. The standard InChI is InChI=1S/C60H40N2SSi/c1-4-18-43(19-5-1)64(44-20-6-2-7-21-44,45-22-8-3-9-23-45)46-37-34-41(35-38-46)61-54-30-13-11-25-48(54)53-40-42(36-39-56(53)61)62-55-31-14-10-24-47(55)50-28-16-29-51(60(50)62)49-27-17-33-58-59(49)52-26-12-15-32-57(52)63-58/h1-40H. The summed E-state index contributed by atoms with van der Waals surface area (Å²) in [4.78, 5) is 0. The first kappa shape index (κ1) is 36.9. The van der Waals surface area contributed by atoms with E-state index < -0.39 is 8.07 Å². The van der Waals surface area contributed by atoms with Crippen LogP contribution in [0.15, 0.2) is 243 Å². The molecule has 0 aliphatic heterocycles. The summed E-state index contributed by atoms with van der Waals surface area (Å²) in [6.45, 7) is 0. The fourth-order valence-electron chi connectivity index (χ4n) is 10.8. The molecule has 300 valence electrons. The van der Waals surface area contributed by atoms with Gasteiger partial charge in [-0.3, -0.25) is 0 Å². The molecule has 0 bridgehead atoms. The van der Waals surface area contributed by atoms with E-state index in [1.807, 2.05) is 11.3 Å². The average molecular weight is 849 g/mol. The second kappa shape index (κ2) is 14.7. The normalized spacial score (nSPS) is 12.1. The van der Waals surface area contributed by atoms with Crippen molar-refractivity contribution in [1.29, 1.82) is 0 Å². The predicted octanol–water partition coefficient (Wildman–Crippen LogP) is 13.3. The Morgan fingerprint density at radius 3 is 1.44 bits per heavy atom. The summed E-state index contributed by atoms with van der Waals surface area (Å²) in [6, 6.07) is 90.3. The van der Waals surface area contributed by atoms with Gasteiger partial charge in [0.2, 0.25) is 0 Å². The Bertz CT molecular complexity index is 3790. The first-order valence-electron chi connectivity index (χ1n) is 22.0. The lowest BCUT2D eigenvalue weighted by atomic mass is 9.97. The molecule has 13 aromatic rings. The molecule has 3 aromatic heterocycles. The molecule has 2 nitrogen and oxygen atoms in total. The van der Waals surface area contributed by atoms with E-state index >= 15 is 0 Å². The zero-order chi connectivity index (χ0) is 42.2. The van der Waals surface area contributed by atoms with Crippen molar-refractivity contribution in [3.8, 4) is 22.5 Å². The van der Waals surface area contributed by atoms with Crippen molar-refractivity contribution in [2.75, 3.05) is 0 Å². The smallest absolute Gasteiger partial charge is 0.179 e. The summed E-state index contributed by atoms with van der Waals surface area (Å²) >= 11 is 1.88. The Hall–Kier alpha value is -7.76. The van der Waals surface area contributed by atoms with Crippen molar-refractivity contribution in [1.82, 2.24) is 9.13 Å². The van der Waals surface area contributed by atoms with E-state index in [9.17, 15) is 0 Å². The maximum Gasteiger partial charge on any atom is 0.179 e. The molecule has 0 saturated carbocycles. The number of hydrogen-bond acceptors (Lipinski definition) is 1. The molecule has 0 saturated heterocycles. The third-order valence-electron chi connectivity index (χ3n) is 13.5. The number of fused-ring (bicyclic) bond motifs is 9. The molecule has 13 rings (SSSR count). The summed E-state index contributed by atoms with van der Waals surface area (Å²) in [5.41, 5.74) is 9.62. The van der Waals surface area contributed by atoms with E-state index in [1.54, 1.807) is 0 Å². The van der Waals surface area contributed by atoms with E-state index in [2.05, 4.69) is 252 Å². The number of hydrogen-bond donors (Lipinski definition) is 0. The third kappa shape index (κ3) is 5.43. The first-order valence-corrected chi connectivity index (χ1v) is 24.8. The summed E-state index contributed by atoms with van der Waals surface area (Å²) in [5.74, 6) is 0. The summed E-state index contributed by atoms with van der Waals surface area (Å²) in [7, 11) is -2.66. The Morgan fingerprint density at radius 2 is 0.766 bits per heavy atom. The molecule has 64 heavy (non-hydrogen) atoms. The van der Waals surface area contributed by atoms with Crippen LogP contribution in [0.3, 0.4) is 0 Å². The molecule has 0 radical (unpaired) electrons. The molecule has 0 aliphatic rings. The maximum absolute atomic E-state index is 2.66. The lowest BCUT2D eigenvalue weighted by Gasteiger charge is -2.34. The van der Waals surface area contributed by atoms with Crippen molar-refractivity contribution in [2.45, 2.75) is 0 Å². The highest BCUT2D eigenvalue weighted by atomic mass is 32.1. The van der Waals surface area contributed by atoms with Crippen LogP contribution in [-0.2, 0) is 0 Å². The maximum atomic E-state index is 2.51. The Balaban J connectivity index is 1.02. The van der Waals surface area contributed by atoms with Crippen molar-refractivity contribution < 1.29 is 0 Å². The largest absolute Gasteiger partial charge is 0.309 e. The molecule has 0 amide bonds. The minimum atomic E-state index is -2.66. The zero-order valence-corrected chi connectivity index (χ0v) is 36.7. The first-order chi connectivity index (χ1) is 31.8. The van der Waals surface area contributed by atoms with Gasteiger partial charge >= 0.3 is 0 Å². The van der Waals surface area contributed by atoms with Gasteiger partial charge in [-0.15, -0.1) is 11.3 Å². The van der Waals surface area contributed by atoms with Gasteiger partial charge in [-0.2, -0.15) is 0 Å². The summed E-state index contributed by atoms with van der Waals surface area (Å²) < 4.78 is 7.59. The SMILES string of the molecule is c1ccc([Si](c2ccccc2)(c2ccccc2)c2ccc(-n3c4ccccc4c4cc(-n5c6ccccc6c6cccc(-c7cccc8sc9ccccc9c78)c65)ccc43)cc2)cc1. The topological polar surface area (TPSA) is 9.86 Å². The Morgan fingerprint density at radius 1 is 0.297 bits per heavy atom. The zero-order valence-electron chi connectivity index (χ0n) is 34.9. The second-order valence-corrected chi connectivity index (χ2v) is 21.7. The summed E-state index contributed by atoms with van der Waals surface area (Å²) in [6.07, 6.45) is 0. The van der Waals surface area contributed by atoms with Crippen molar-refractivity contribution in [3.05, 3.63) is 243 Å². The molecule has 0 atom stereocenters. The van der Waals surface area contributed by atoms with Gasteiger partial charge in [-0.25, -0.2) is 0 Å². The molecule has 0 aliphatic carbocycles. The highest BCUT2D eigenvalue weighted by molar-refractivity contribution is 7.26. The molecule has 4 heteroatoms. The van der Waals surface area contributed by atoms with Gasteiger partial charge in [0.25, 0.3) is 0 Å². The van der Waals surface area contributed by atoms with Gasteiger partial charge in [0, 0.05) is 58.7 Å². The van der Waals surface area contributed by atoms with Crippen molar-refractivity contribution in [2.24, 2.45) is 0 Å². The third-order valence-corrected chi connectivity index (χ3v) is 19.4. The summed E-state index contributed by atoms with van der Waals surface area (Å²) in [5, 5.41) is 13.1. The van der Waals surface area contributed by atoms with Crippen LogP contribution in [0, 0.1) is 0 Å². The van der Waals surface area contributed by atoms with Gasteiger partial charge < -0.3 is 9.13 Å². The van der Waals surface area contributed by atoms with Gasteiger partial charge in [-0.1, -0.05) is 188 Å². The molecule has 10 aromatic carbocycles. The number of benzene rings is 10. The van der Waals surface area contributed by atoms with Gasteiger partial charge in [0.1, 0.15) is 0 Å². The van der Waals surface area contributed by atoms with Gasteiger partial charge in [0.05, 0.1) is 22.1 Å². The van der Waals surface area contributed by atoms with Crippen LogP contribution in [0.5, 0.6) is 0 Å². The van der Waals surface area contributed by atoms with Crippen LogP contribution in [0.25, 0.3) is 86.3 Å². The molecule has 0 unspecified atom stereocenters. The minimum absolute atomic E-state index is 1.15. The van der Waals surface area contributed by atoms with E-state index in [0.29, 0.717) is 0 Å². The van der Waals surface area contributed by atoms with Crippen molar-refractivity contribution in [3.63, 3.8) is 0 Å². The number of rotatable bonds is 7. The van der Waals surface area contributed by atoms with Crippen LogP contribution in [0.1, 0.15) is 0 Å². The molecule has 3 heterocycles. The van der Waals surface area contributed by atoms with Crippen LogP contribution in [0.4, 0.5) is 0 Å². The second-order valence-electron chi connectivity index (χ2n) is 16.8. The fraction of sp³-hybridized carbons (Fsp3) is 0. The quantitative estimate of drug-likeness (QED) is 0.112. The number of para-hydroxylation sites is 3. The van der Waals surface area contributed by atoms with Gasteiger partial charge in [-0.05, 0) is 80.9 Å². The fourth-order valence-corrected chi connectivity index (χ4v) is 16.7. The lowest BCUT2D eigenvalue weighted by molar-refractivity contribution is 1.17. The lowest BCUT2D eigenvalue weighted by Crippen LogP contribution is -2.74. The minimum Gasteiger partial charge on any atom is -0.309 e. The Kier molecular flexibility index (Phi) is 8.45. The van der Waals surface area contributed by atoms with Crippen LogP contribution in [0.2, 0.25) is 0 Å². The van der Waals surface area contributed by atoms with Crippen LogP contribution < -0.4 is 20.7 Å². The van der Waals surface area contributed by atoms with E-state index in [-0.39, 0.29) is 0 Å². The Labute approximate surface area is 376 Å². The molecular formula is C60H40N2SSi. The number of thiophene rings is 1. The van der Waals surface area contributed by atoms with E-state index in [4.69, 9.17) is 0 Å². The molecular weight excluding hydrogens is 809 g/mol. The average Bonchev–Trinajstić information content (AvgIpc) is 4.03. The van der Waals surface area contributed by atoms with Crippen molar-refractivity contribution >= 4 is 104 Å². The van der Waals surface area contributed by atoms with Crippen LogP contribution >= 0.6 is 11.3 Å². The number of aromatic nitrogens is 2.